The van der Waals surface area contributed by atoms with Gasteiger partial charge in [0.1, 0.15) is 12.2 Å². The van der Waals surface area contributed by atoms with Crippen LogP contribution in [0.15, 0.2) is 23.6 Å². The van der Waals surface area contributed by atoms with Crippen LogP contribution in [0.4, 0.5) is 0 Å². The van der Waals surface area contributed by atoms with Gasteiger partial charge in [0.05, 0.1) is 4.88 Å². The third kappa shape index (κ3) is 2.10. The number of thiophene rings is 1. The van der Waals surface area contributed by atoms with Crippen LogP contribution in [0.1, 0.15) is 24.5 Å². The second-order valence-corrected chi connectivity index (χ2v) is 5.21. The van der Waals surface area contributed by atoms with Crippen LogP contribution in [0.25, 0.3) is 10.6 Å². The van der Waals surface area contributed by atoms with Crippen LogP contribution in [0, 0.1) is 0 Å². The number of carboxylic acid groups (broad SMARTS) is 1. The molecule has 3 rings (SSSR count). The Kier molecular flexibility index (Phi) is 2.48. The molecule has 1 aliphatic carbocycles. The van der Waals surface area contributed by atoms with Gasteiger partial charge in [-0.05, 0) is 30.4 Å². The fourth-order valence-electron chi connectivity index (χ4n) is 1.94. The highest BCUT2D eigenvalue weighted by atomic mass is 32.1. The first-order valence-electron chi connectivity index (χ1n) is 5.57. The molecular formula is C12H12N2O2S. The summed E-state index contributed by atoms with van der Waals surface area (Å²) in [7, 11) is 0. The Balaban J connectivity index is 1.98. The lowest BCUT2D eigenvalue weighted by molar-refractivity contribution is -0.137. The highest BCUT2D eigenvalue weighted by Crippen LogP contribution is 2.41. The Morgan fingerprint density at radius 3 is 3.00 bits per heavy atom. The SMILES string of the molecule is O=C(O)Cn1nc(-c2cccs2)cc1C1CC1. The number of nitrogens with zero attached hydrogens (tertiary/aromatic N) is 2. The van der Waals surface area contributed by atoms with Gasteiger partial charge in [-0.1, -0.05) is 6.07 Å². The smallest absolute Gasteiger partial charge is 0.325 e. The molecule has 0 radical (unpaired) electrons. The van der Waals surface area contributed by atoms with Crippen LogP contribution in [0.5, 0.6) is 0 Å². The zero-order valence-electron chi connectivity index (χ0n) is 9.17. The number of rotatable bonds is 4. The van der Waals surface area contributed by atoms with E-state index in [1.807, 2.05) is 23.6 Å². The van der Waals surface area contributed by atoms with E-state index in [1.165, 1.54) is 0 Å². The Bertz CT molecular complexity index is 541. The van der Waals surface area contributed by atoms with E-state index >= 15 is 0 Å². The molecule has 17 heavy (non-hydrogen) atoms. The summed E-state index contributed by atoms with van der Waals surface area (Å²) in [5.74, 6) is -0.330. The number of hydrogen-bond acceptors (Lipinski definition) is 3. The monoisotopic (exact) mass is 248 g/mol. The molecule has 88 valence electrons. The molecule has 0 bridgehead atoms. The predicted molar refractivity (Wildman–Crippen MR) is 65.2 cm³/mol. The zero-order chi connectivity index (χ0) is 11.8. The van der Waals surface area contributed by atoms with E-state index in [0.29, 0.717) is 5.92 Å². The molecule has 0 amide bonds. The Morgan fingerprint density at radius 2 is 2.41 bits per heavy atom. The summed E-state index contributed by atoms with van der Waals surface area (Å²) in [4.78, 5) is 11.9. The van der Waals surface area contributed by atoms with Crippen molar-refractivity contribution in [3.63, 3.8) is 0 Å². The molecule has 2 aromatic rings. The Hall–Kier alpha value is -1.62. The van der Waals surface area contributed by atoms with Crippen LogP contribution < -0.4 is 0 Å². The molecule has 1 saturated carbocycles. The first kappa shape index (κ1) is 10.5. The van der Waals surface area contributed by atoms with Crippen molar-refractivity contribution in [2.75, 3.05) is 0 Å². The molecule has 0 aliphatic heterocycles. The summed E-state index contributed by atoms with van der Waals surface area (Å²) >= 11 is 1.63. The van der Waals surface area contributed by atoms with Crippen molar-refractivity contribution in [2.45, 2.75) is 25.3 Å². The van der Waals surface area contributed by atoms with Gasteiger partial charge in [0.25, 0.3) is 0 Å². The van der Waals surface area contributed by atoms with E-state index in [4.69, 9.17) is 5.11 Å². The van der Waals surface area contributed by atoms with E-state index in [9.17, 15) is 4.79 Å². The normalized spacial score (nSPS) is 15.1. The molecule has 2 aromatic heterocycles. The molecular weight excluding hydrogens is 236 g/mol. The van der Waals surface area contributed by atoms with Crippen molar-refractivity contribution in [1.82, 2.24) is 9.78 Å². The standard InChI is InChI=1S/C12H12N2O2S/c15-12(16)7-14-10(8-3-4-8)6-9(13-14)11-2-1-5-17-11/h1-2,5-6,8H,3-4,7H2,(H,15,16). The minimum atomic E-state index is -0.840. The minimum Gasteiger partial charge on any atom is -0.480 e. The zero-order valence-corrected chi connectivity index (χ0v) is 9.98. The number of aliphatic carboxylic acids is 1. The fourth-order valence-corrected chi connectivity index (χ4v) is 2.62. The molecule has 0 aromatic carbocycles. The van der Waals surface area contributed by atoms with E-state index in [-0.39, 0.29) is 6.54 Å². The van der Waals surface area contributed by atoms with Gasteiger partial charge in [-0.25, -0.2) is 0 Å². The topological polar surface area (TPSA) is 55.1 Å². The van der Waals surface area contributed by atoms with E-state index in [2.05, 4.69) is 5.10 Å². The van der Waals surface area contributed by atoms with Crippen molar-refractivity contribution in [3.8, 4) is 10.6 Å². The van der Waals surface area contributed by atoms with Gasteiger partial charge in [-0.15, -0.1) is 11.3 Å². The molecule has 1 N–H and O–H groups in total. The first-order chi connectivity index (χ1) is 8.24. The molecule has 1 aliphatic rings. The molecule has 0 atom stereocenters. The fraction of sp³-hybridized carbons (Fsp3) is 0.333. The maximum atomic E-state index is 10.8. The molecule has 1 fully saturated rings. The summed E-state index contributed by atoms with van der Waals surface area (Å²) in [6, 6.07) is 6.02. The van der Waals surface area contributed by atoms with Gasteiger partial charge in [0.15, 0.2) is 0 Å². The molecule has 0 unspecified atom stereocenters. The molecule has 2 heterocycles. The quantitative estimate of drug-likeness (QED) is 0.904. The van der Waals surface area contributed by atoms with E-state index < -0.39 is 5.97 Å². The number of aromatic nitrogens is 2. The average molecular weight is 248 g/mol. The van der Waals surface area contributed by atoms with Crippen molar-refractivity contribution < 1.29 is 9.90 Å². The summed E-state index contributed by atoms with van der Waals surface area (Å²) in [6.07, 6.45) is 2.30. The molecule has 0 saturated heterocycles. The van der Waals surface area contributed by atoms with Gasteiger partial charge < -0.3 is 5.11 Å². The van der Waals surface area contributed by atoms with Gasteiger partial charge in [-0.2, -0.15) is 5.10 Å². The van der Waals surface area contributed by atoms with Crippen LogP contribution in [-0.2, 0) is 11.3 Å². The average Bonchev–Trinajstić information content (AvgIpc) is 2.83. The third-order valence-corrected chi connectivity index (χ3v) is 3.76. The van der Waals surface area contributed by atoms with Crippen LogP contribution in [0.3, 0.4) is 0 Å². The highest BCUT2D eigenvalue weighted by Gasteiger charge is 2.28. The number of hydrogen-bond donors (Lipinski definition) is 1. The summed E-state index contributed by atoms with van der Waals surface area (Å²) < 4.78 is 1.63. The first-order valence-corrected chi connectivity index (χ1v) is 6.45. The Morgan fingerprint density at radius 1 is 1.59 bits per heavy atom. The van der Waals surface area contributed by atoms with Gasteiger partial charge in [0, 0.05) is 11.6 Å². The van der Waals surface area contributed by atoms with Crippen LogP contribution in [0.2, 0.25) is 0 Å². The largest absolute Gasteiger partial charge is 0.480 e. The van der Waals surface area contributed by atoms with E-state index in [0.717, 1.165) is 29.1 Å². The van der Waals surface area contributed by atoms with Crippen LogP contribution >= 0.6 is 11.3 Å². The van der Waals surface area contributed by atoms with Crippen molar-refractivity contribution in [2.24, 2.45) is 0 Å². The summed E-state index contributed by atoms with van der Waals surface area (Å²) in [5, 5.41) is 15.3. The maximum Gasteiger partial charge on any atom is 0.325 e. The minimum absolute atomic E-state index is 0.0444. The molecule has 5 heteroatoms. The van der Waals surface area contributed by atoms with Gasteiger partial charge in [0.2, 0.25) is 0 Å². The molecule has 4 nitrogen and oxygen atoms in total. The highest BCUT2D eigenvalue weighted by molar-refractivity contribution is 7.13. The van der Waals surface area contributed by atoms with Crippen molar-refractivity contribution in [1.29, 1.82) is 0 Å². The lowest BCUT2D eigenvalue weighted by Crippen LogP contribution is -2.12. The van der Waals surface area contributed by atoms with Crippen LogP contribution in [-0.4, -0.2) is 20.9 Å². The summed E-state index contributed by atoms with van der Waals surface area (Å²) in [6.45, 7) is -0.0444. The van der Waals surface area contributed by atoms with Gasteiger partial charge in [-0.3, -0.25) is 9.48 Å². The second-order valence-electron chi connectivity index (χ2n) is 4.26. The number of carboxylic acids is 1. The summed E-state index contributed by atoms with van der Waals surface area (Å²) in [5.41, 5.74) is 1.96. The van der Waals surface area contributed by atoms with Gasteiger partial charge >= 0.3 is 5.97 Å². The Labute approximate surface area is 103 Å². The second kappa shape index (κ2) is 4.00. The van der Waals surface area contributed by atoms with E-state index in [1.54, 1.807) is 16.0 Å². The lowest BCUT2D eigenvalue weighted by atomic mass is 10.2. The molecule has 0 spiro atoms. The van der Waals surface area contributed by atoms with Crippen molar-refractivity contribution >= 4 is 17.3 Å². The maximum absolute atomic E-state index is 10.8. The third-order valence-electron chi connectivity index (χ3n) is 2.87. The van der Waals surface area contributed by atoms with Crippen molar-refractivity contribution in [3.05, 3.63) is 29.3 Å². The predicted octanol–water partition coefficient (Wildman–Crippen LogP) is 2.57. The lowest BCUT2D eigenvalue weighted by Gasteiger charge is -2.01. The number of carbonyl (C=O) groups is 1.